The molecule has 0 aliphatic carbocycles. The molecule has 0 amide bonds. The van der Waals surface area contributed by atoms with Crippen LogP contribution in [0.25, 0.3) is 33.7 Å². The first kappa shape index (κ1) is 24.4. The molecule has 4 aromatic rings. The quantitative estimate of drug-likeness (QED) is 0.370. The van der Waals surface area contributed by atoms with Gasteiger partial charge in [-0.25, -0.2) is 0 Å². The molecule has 0 aliphatic heterocycles. The van der Waals surface area contributed by atoms with Gasteiger partial charge in [-0.15, -0.1) is 0 Å². The summed E-state index contributed by atoms with van der Waals surface area (Å²) in [6.07, 6.45) is 3.78. The standard InChI is InChI=1S/2C12H10.C2H4O2.C2H6/c2*1-2-10-7-5-8-11-6-3-4-9-12(10)11;1-2(3)4;1-2/h2*2-9H,1H2;1H3,(H,3,4);1-2H3. The minimum absolute atomic E-state index is 0.833. The van der Waals surface area contributed by atoms with E-state index >= 15 is 0 Å². The van der Waals surface area contributed by atoms with Gasteiger partial charge in [-0.2, -0.15) is 0 Å². The number of carbonyl (C=O) groups is 1. The zero-order valence-electron chi connectivity index (χ0n) is 18.0. The third-order valence-corrected chi connectivity index (χ3v) is 4.09. The van der Waals surface area contributed by atoms with Crippen LogP contribution in [0.15, 0.2) is 98.1 Å². The van der Waals surface area contributed by atoms with Crippen molar-refractivity contribution < 1.29 is 9.90 Å². The third-order valence-electron chi connectivity index (χ3n) is 4.09. The predicted molar refractivity (Wildman–Crippen MR) is 133 cm³/mol. The van der Waals surface area contributed by atoms with Crippen molar-refractivity contribution in [3.05, 3.63) is 109 Å². The highest BCUT2D eigenvalue weighted by molar-refractivity contribution is 5.91. The number of fused-ring (bicyclic) bond motifs is 2. The van der Waals surface area contributed by atoms with Crippen LogP contribution in [0.1, 0.15) is 31.9 Å². The van der Waals surface area contributed by atoms with E-state index in [0.717, 1.165) is 6.92 Å². The van der Waals surface area contributed by atoms with Crippen LogP contribution >= 0.6 is 0 Å². The van der Waals surface area contributed by atoms with Crippen LogP contribution in [-0.4, -0.2) is 11.1 Å². The molecule has 1 N–H and O–H groups in total. The van der Waals surface area contributed by atoms with Gasteiger partial charge in [0.25, 0.3) is 5.97 Å². The molecule has 0 atom stereocenters. The fourth-order valence-corrected chi connectivity index (χ4v) is 2.86. The molecule has 0 bridgehead atoms. The summed E-state index contributed by atoms with van der Waals surface area (Å²) < 4.78 is 0. The van der Waals surface area contributed by atoms with Gasteiger partial charge < -0.3 is 5.11 Å². The molecule has 0 unspecified atom stereocenters. The molecule has 0 aromatic heterocycles. The molecular formula is C28H30O2. The number of aliphatic carboxylic acids is 1. The van der Waals surface area contributed by atoms with Crippen LogP contribution < -0.4 is 0 Å². The zero-order valence-corrected chi connectivity index (χ0v) is 18.0. The van der Waals surface area contributed by atoms with Gasteiger partial charge in [0.2, 0.25) is 0 Å². The molecule has 0 saturated heterocycles. The molecular weight excluding hydrogens is 368 g/mol. The minimum atomic E-state index is -0.833. The maximum atomic E-state index is 9.00. The van der Waals surface area contributed by atoms with Crippen molar-refractivity contribution in [1.82, 2.24) is 0 Å². The van der Waals surface area contributed by atoms with Crippen molar-refractivity contribution in [3.63, 3.8) is 0 Å². The zero-order chi connectivity index (χ0) is 22.4. The summed E-state index contributed by atoms with van der Waals surface area (Å²) >= 11 is 0. The van der Waals surface area contributed by atoms with Gasteiger partial charge in [0.05, 0.1) is 0 Å². The molecule has 0 fully saturated rings. The number of hydrogen-bond acceptors (Lipinski definition) is 1. The van der Waals surface area contributed by atoms with E-state index in [2.05, 4.69) is 98.1 Å². The van der Waals surface area contributed by atoms with Gasteiger partial charge in [-0.3, -0.25) is 4.79 Å². The van der Waals surface area contributed by atoms with E-state index in [9.17, 15) is 0 Å². The normalized spacial score (nSPS) is 9.03. The van der Waals surface area contributed by atoms with Crippen molar-refractivity contribution in [1.29, 1.82) is 0 Å². The lowest BCUT2D eigenvalue weighted by Crippen LogP contribution is -1.78. The van der Waals surface area contributed by atoms with Crippen LogP contribution in [0.2, 0.25) is 0 Å². The fraction of sp³-hybridized carbons (Fsp3) is 0.107. The summed E-state index contributed by atoms with van der Waals surface area (Å²) in [6, 6.07) is 29.2. The van der Waals surface area contributed by atoms with E-state index in [1.807, 2.05) is 26.0 Å². The first-order chi connectivity index (χ1) is 14.6. The van der Waals surface area contributed by atoms with Gasteiger partial charge in [-0.1, -0.05) is 124 Å². The number of carboxylic acid groups (broad SMARTS) is 1. The molecule has 0 spiro atoms. The van der Waals surface area contributed by atoms with E-state index in [0.29, 0.717) is 0 Å². The summed E-state index contributed by atoms with van der Waals surface area (Å²) in [4.78, 5) is 9.00. The molecule has 154 valence electrons. The van der Waals surface area contributed by atoms with Crippen LogP contribution in [0.3, 0.4) is 0 Å². The molecule has 2 nitrogen and oxygen atoms in total. The number of rotatable bonds is 2. The molecule has 2 heteroatoms. The summed E-state index contributed by atoms with van der Waals surface area (Å²) in [5.74, 6) is -0.833. The van der Waals surface area contributed by atoms with Crippen molar-refractivity contribution in [2.75, 3.05) is 0 Å². The Morgan fingerprint density at radius 1 is 0.667 bits per heavy atom. The highest BCUT2D eigenvalue weighted by Crippen LogP contribution is 2.19. The third kappa shape index (κ3) is 7.40. The molecule has 30 heavy (non-hydrogen) atoms. The molecule has 0 aliphatic rings. The van der Waals surface area contributed by atoms with Crippen LogP contribution in [0, 0.1) is 0 Å². The van der Waals surface area contributed by atoms with Gasteiger partial charge in [0, 0.05) is 6.92 Å². The Morgan fingerprint density at radius 3 is 1.30 bits per heavy atom. The van der Waals surface area contributed by atoms with Gasteiger partial charge in [-0.05, 0) is 32.7 Å². The Morgan fingerprint density at radius 2 is 0.967 bits per heavy atom. The van der Waals surface area contributed by atoms with E-state index < -0.39 is 5.97 Å². The van der Waals surface area contributed by atoms with Crippen molar-refractivity contribution in [3.8, 4) is 0 Å². The summed E-state index contributed by atoms with van der Waals surface area (Å²) in [7, 11) is 0. The van der Waals surface area contributed by atoms with Gasteiger partial charge in [0.15, 0.2) is 0 Å². The largest absolute Gasteiger partial charge is 0.481 e. The lowest BCUT2D eigenvalue weighted by atomic mass is 10.1. The Kier molecular flexibility index (Phi) is 11.0. The first-order valence-corrected chi connectivity index (χ1v) is 9.96. The summed E-state index contributed by atoms with van der Waals surface area (Å²) in [5, 5.41) is 12.5. The van der Waals surface area contributed by atoms with Crippen LogP contribution in [0.4, 0.5) is 0 Å². The average molecular weight is 399 g/mol. The average Bonchev–Trinajstić information content (AvgIpc) is 2.79. The topological polar surface area (TPSA) is 37.3 Å². The van der Waals surface area contributed by atoms with E-state index in [1.54, 1.807) is 0 Å². The lowest BCUT2D eigenvalue weighted by molar-refractivity contribution is -0.134. The second kappa shape index (κ2) is 13.5. The van der Waals surface area contributed by atoms with E-state index in [1.165, 1.54) is 32.7 Å². The van der Waals surface area contributed by atoms with E-state index in [-0.39, 0.29) is 0 Å². The Hall–Kier alpha value is -3.65. The monoisotopic (exact) mass is 398 g/mol. The number of benzene rings is 4. The van der Waals surface area contributed by atoms with Crippen molar-refractivity contribution in [2.45, 2.75) is 20.8 Å². The van der Waals surface area contributed by atoms with Crippen LogP contribution in [-0.2, 0) is 4.79 Å². The Labute approximate surface area is 179 Å². The van der Waals surface area contributed by atoms with E-state index in [4.69, 9.17) is 9.90 Å². The predicted octanol–water partition coefficient (Wildman–Crippen LogP) is 8.08. The maximum absolute atomic E-state index is 9.00. The second-order valence-corrected chi connectivity index (χ2v) is 6.06. The maximum Gasteiger partial charge on any atom is 0.300 e. The molecule has 4 aromatic carbocycles. The van der Waals surface area contributed by atoms with Crippen LogP contribution in [0.5, 0.6) is 0 Å². The smallest absolute Gasteiger partial charge is 0.300 e. The van der Waals surface area contributed by atoms with Crippen molar-refractivity contribution in [2.24, 2.45) is 0 Å². The van der Waals surface area contributed by atoms with Gasteiger partial charge in [0.1, 0.15) is 0 Å². The highest BCUT2D eigenvalue weighted by atomic mass is 16.4. The Balaban J connectivity index is 0.000000239. The summed E-state index contributed by atoms with van der Waals surface area (Å²) in [5.41, 5.74) is 2.40. The first-order valence-electron chi connectivity index (χ1n) is 9.96. The summed E-state index contributed by atoms with van der Waals surface area (Å²) in [6.45, 7) is 12.6. The number of carboxylic acids is 1. The number of hydrogen-bond donors (Lipinski definition) is 1. The minimum Gasteiger partial charge on any atom is -0.481 e. The lowest BCUT2D eigenvalue weighted by Gasteiger charge is -1.99. The molecule has 4 rings (SSSR count). The van der Waals surface area contributed by atoms with Crippen molar-refractivity contribution >= 4 is 39.7 Å². The molecule has 0 saturated carbocycles. The Bertz CT molecular complexity index is 996. The SMILES string of the molecule is C=Cc1cccc2ccccc12.C=Cc1cccc2ccccc12.CC.CC(=O)O. The fourth-order valence-electron chi connectivity index (χ4n) is 2.86. The molecule has 0 heterocycles. The second-order valence-electron chi connectivity index (χ2n) is 6.06. The van der Waals surface area contributed by atoms with Gasteiger partial charge >= 0.3 is 0 Å². The highest BCUT2D eigenvalue weighted by Gasteiger charge is 1.94. The molecule has 0 radical (unpaired) electrons.